The van der Waals surface area contributed by atoms with Crippen LogP contribution in [0.4, 0.5) is 4.39 Å². The molecule has 0 atom stereocenters. The van der Waals surface area contributed by atoms with Crippen molar-refractivity contribution in [3.63, 3.8) is 0 Å². The lowest BCUT2D eigenvalue weighted by Gasteiger charge is -2.32. The predicted molar refractivity (Wildman–Crippen MR) is 124 cm³/mol. The number of nitrogens with zero attached hydrogens (tertiary/aromatic N) is 4. The van der Waals surface area contributed by atoms with Crippen molar-refractivity contribution in [1.82, 2.24) is 19.6 Å². The Morgan fingerprint density at radius 3 is 1.54 bits per heavy atom. The molecule has 28 heavy (non-hydrogen) atoms. The van der Waals surface area contributed by atoms with Crippen molar-refractivity contribution in [2.45, 2.75) is 25.7 Å². The molecule has 2 fully saturated rings. The predicted octanol–water partition coefficient (Wildman–Crippen LogP) is 2.79. The molecule has 4 nitrogen and oxygen atoms in total. The van der Waals surface area contributed by atoms with Crippen molar-refractivity contribution in [3.05, 3.63) is 32.6 Å². The van der Waals surface area contributed by atoms with Crippen molar-refractivity contribution < 1.29 is 4.39 Å². The smallest absolute Gasteiger partial charge is 0.129 e. The highest BCUT2D eigenvalue weighted by molar-refractivity contribution is 14.1. The van der Waals surface area contributed by atoms with Gasteiger partial charge in [0.2, 0.25) is 0 Å². The molecule has 3 rings (SSSR count). The number of benzene rings is 1. The summed E-state index contributed by atoms with van der Waals surface area (Å²) in [5, 5.41) is 0. The SMILES string of the molecule is CN1CCN(CCCc2cc(I)cc(CCCN3CCN(C)CC3)c2F)CC1. The first-order valence-corrected chi connectivity index (χ1v) is 11.9. The molecule has 0 aromatic heterocycles. The molecule has 2 aliphatic rings. The summed E-state index contributed by atoms with van der Waals surface area (Å²) in [7, 11) is 4.37. The Kier molecular flexibility index (Phi) is 8.97. The van der Waals surface area contributed by atoms with Crippen molar-refractivity contribution >= 4 is 22.6 Å². The zero-order valence-corrected chi connectivity index (χ0v) is 19.8. The minimum atomic E-state index is 0.0529. The number of hydrogen-bond donors (Lipinski definition) is 0. The van der Waals surface area contributed by atoms with E-state index in [2.05, 4.69) is 56.3 Å². The van der Waals surface area contributed by atoms with E-state index in [1.165, 1.54) is 3.57 Å². The molecule has 0 unspecified atom stereocenters. The summed E-state index contributed by atoms with van der Waals surface area (Å²) in [6, 6.07) is 4.09. The average Bonchev–Trinajstić information content (AvgIpc) is 2.68. The second-order valence-corrected chi connectivity index (χ2v) is 9.78. The first kappa shape index (κ1) is 22.4. The molecule has 2 aliphatic heterocycles. The minimum Gasteiger partial charge on any atom is -0.304 e. The van der Waals surface area contributed by atoms with E-state index in [9.17, 15) is 0 Å². The van der Waals surface area contributed by atoms with E-state index < -0.39 is 0 Å². The molecule has 2 saturated heterocycles. The number of hydrogen-bond acceptors (Lipinski definition) is 4. The van der Waals surface area contributed by atoms with Gasteiger partial charge in [0.1, 0.15) is 5.82 Å². The summed E-state index contributed by atoms with van der Waals surface area (Å²) >= 11 is 2.34. The third-order valence-electron chi connectivity index (χ3n) is 6.22. The fraction of sp³-hybridized carbons (Fsp3) is 0.727. The van der Waals surface area contributed by atoms with Crippen LogP contribution in [0.2, 0.25) is 0 Å². The number of aryl methyl sites for hydroxylation is 2. The van der Waals surface area contributed by atoms with Crippen molar-refractivity contribution in [2.24, 2.45) is 0 Å². The van der Waals surface area contributed by atoms with Crippen LogP contribution < -0.4 is 0 Å². The van der Waals surface area contributed by atoms with E-state index in [0.29, 0.717) is 0 Å². The Hall–Kier alpha value is -0.280. The van der Waals surface area contributed by atoms with Gasteiger partial charge in [-0.2, -0.15) is 0 Å². The molecule has 0 saturated carbocycles. The molecule has 0 aliphatic carbocycles. The van der Waals surface area contributed by atoms with E-state index in [1.807, 2.05) is 12.1 Å². The Balaban J connectivity index is 1.46. The van der Waals surface area contributed by atoms with Gasteiger partial charge in [-0.15, -0.1) is 0 Å². The lowest BCUT2D eigenvalue weighted by Crippen LogP contribution is -2.44. The summed E-state index contributed by atoms with van der Waals surface area (Å²) in [6.07, 6.45) is 3.78. The van der Waals surface area contributed by atoms with E-state index >= 15 is 4.39 Å². The quantitative estimate of drug-likeness (QED) is 0.507. The van der Waals surface area contributed by atoms with Gasteiger partial charge in [-0.05, 0) is 98.7 Å². The number of likely N-dealkylation sites (N-methyl/N-ethyl adjacent to an activating group) is 2. The highest BCUT2D eigenvalue weighted by Crippen LogP contribution is 2.21. The molecular weight excluding hydrogens is 466 g/mol. The normalized spacial score (nSPS) is 20.7. The van der Waals surface area contributed by atoms with Crippen LogP contribution in [0.25, 0.3) is 0 Å². The molecule has 0 bridgehead atoms. The number of rotatable bonds is 8. The molecular formula is C22H36FIN4. The van der Waals surface area contributed by atoms with Crippen LogP contribution >= 0.6 is 22.6 Å². The summed E-state index contributed by atoms with van der Waals surface area (Å²) in [4.78, 5) is 9.79. The maximum atomic E-state index is 15.0. The van der Waals surface area contributed by atoms with Crippen LogP contribution in [0.3, 0.4) is 0 Å². The maximum Gasteiger partial charge on any atom is 0.129 e. The van der Waals surface area contributed by atoms with Gasteiger partial charge in [0.15, 0.2) is 0 Å². The van der Waals surface area contributed by atoms with Gasteiger partial charge in [-0.3, -0.25) is 0 Å². The Bertz CT molecular complexity index is 562. The number of piperazine rings is 2. The first-order valence-electron chi connectivity index (χ1n) is 10.8. The summed E-state index contributed by atoms with van der Waals surface area (Å²) < 4.78 is 16.2. The molecule has 2 heterocycles. The fourth-order valence-electron chi connectivity index (χ4n) is 4.20. The van der Waals surface area contributed by atoms with Crippen LogP contribution in [0.15, 0.2) is 12.1 Å². The maximum absolute atomic E-state index is 15.0. The van der Waals surface area contributed by atoms with E-state index in [-0.39, 0.29) is 5.82 Å². The van der Waals surface area contributed by atoms with Gasteiger partial charge < -0.3 is 19.6 Å². The summed E-state index contributed by atoms with van der Waals surface area (Å²) in [5.41, 5.74) is 1.83. The van der Waals surface area contributed by atoms with Gasteiger partial charge in [0, 0.05) is 55.9 Å². The van der Waals surface area contributed by atoms with Crippen LogP contribution in [0.5, 0.6) is 0 Å². The Labute approximate surface area is 184 Å². The average molecular weight is 502 g/mol. The van der Waals surface area contributed by atoms with Crippen LogP contribution in [0.1, 0.15) is 24.0 Å². The second-order valence-electron chi connectivity index (χ2n) is 8.53. The van der Waals surface area contributed by atoms with E-state index in [4.69, 9.17) is 0 Å². The van der Waals surface area contributed by atoms with Crippen LogP contribution in [0, 0.1) is 9.39 Å². The third kappa shape index (κ3) is 6.90. The van der Waals surface area contributed by atoms with Crippen molar-refractivity contribution in [2.75, 3.05) is 79.5 Å². The molecule has 1 aromatic carbocycles. The molecule has 6 heteroatoms. The molecule has 1 aromatic rings. The monoisotopic (exact) mass is 502 g/mol. The van der Waals surface area contributed by atoms with Gasteiger partial charge in [0.25, 0.3) is 0 Å². The molecule has 0 N–H and O–H groups in total. The fourth-order valence-corrected chi connectivity index (χ4v) is 4.95. The highest BCUT2D eigenvalue weighted by atomic mass is 127. The molecule has 158 valence electrons. The highest BCUT2D eigenvalue weighted by Gasteiger charge is 2.16. The van der Waals surface area contributed by atoms with Crippen LogP contribution in [-0.2, 0) is 12.8 Å². The molecule has 0 spiro atoms. The van der Waals surface area contributed by atoms with Gasteiger partial charge in [-0.25, -0.2) is 4.39 Å². The van der Waals surface area contributed by atoms with E-state index in [0.717, 1.165) is 102 Å². The minimum absolute atomic E-state index is 0.0529. The van der Waals surface area contributed by atoms with Crippen molar-refractivity contribution in [1.29, 1.82) is 0 Å². The lowest BCUT2D eigenvalue weighted by atomic mass is 10.0. The molecule has 0 amide bonds. The molecule has 0 radical (unpaired) electrons. The summed E-state index contributed by atoms with van der Waals surface area (Å²) in [6.45, 7) is 11.3. The Morgan fingerprint density at radius 1 is 0.750 bits per heavy atom. The third-order valence-corrected chi connectivity index (χ3v) is 6.84. The zero-order valence-electron chi connectivity index (χ0n) is 17.6. The van der Waals surface area contributed by atoms with Gasteiger partial charge in [-0.1, -0.05) is 0 Å². The summed E-state index contributed by atoms with van der Waals surface area (Å²) in [5.74, 6) is 0.0529. The van der Waals surface area contributed by atoms with E-state index in [1.54, 1.807) is 0 Å². The van der Waals surface area contributed by atoms with Gasteiger partial charge >= 0.3 is 0 Å². The van der Waals surface area contributed by atoms with Gasteiger partial charge in [0.05, 0.1) is 0 Å². The van der Waals surface area contributed by atoms with Crippen LogP contribution in [-0.4, -0.2) is 99.1 Å². The van der Waals surface area contributed by atoms with Crippen molar-refractivity contribution in [3.8, 4) is 0 Å². The second kappa shape index (κ2) is 11.2. The number of halogens is 2. The Morgan fingerprint density at radius 2 is 1.14 bits per heavy atom. The lowest BCUT2D eigenvalue weighted by molar-refractivity contribution is 0.152. The first-order chi connectivity index (χ1) is 13.5. The zero-order chi connectivity index (χ0) is 19.9. The topological polar surface area (TPSA) is 13.0 Å². The largest absolute Gasteiger partial charge is 0.304 e. The standard InChI is InChI=1S/C22H36FIN4/c1-25-9-13-27(14-10-25)7-3-5-19-17-21(24)18-20(22(19)23)6-4-8-28-15-11-26(2)12-16-28/h17-18H,3-16H2,1-2H3.